The van der Waals surface area contributed by atoms with Crippen LogP contribution in [0.25, 0.3) is 11.1 Å². The van der Waals surface area contributed by atoms with Gasteiger partial charge in [0.05, 0.1) is 18.8 Å². The summed E-state index contributed by atoms with van der Waals surface area (Å²) in [6.07, 6.45) is 6.54. The molecule has 270 valence electrons. The SMILES string of the molecule is CN(CCc1ccccn1)C[C@H]1C[C@@H](c2ccc(CO)cc2)O[C@@H](c2ccc(-c3cccc(CNC(=O)CCCCCCC(=O)NO)c3)cc2)O1. The fourth-order valence-corrected chi connectivity index (χ4v) is 6.29. The summed E-state index contributed by atoms with van der Waals surface area (Å²) < 4.78 is 13.2. The van der Waals surface area contributed by atoms with Crippen molar-refractivity contribution in [3.8, 4) is 11.1 Å². The van der Waals surface area contributed by atoms with Crippen molar-refractivity contribution in [3.05, 3.63) is 125 Å². The van der Waals surface area contributed by atoms with E-state index >= 15 is 0 Å². The number of nitrogens with zero attached hydrogens (tertiary/aromatic N) is 2. The van der Waals surface area contributed by atoms with Crippen LogP contribution in [-0.4, -0.2) is 58.3 Å². The number of unbranched alkanes of at least 4 members (excludes halogenated alkanes) is 3. The molecule has 0 radical (unpaired) electrons. The Morgan fingerprint density at radius 2 is 1.57 bits per heavy atom. The Bertz CT molecular complexity index is 1650. The van der Waals surface area contributed by atoms with Crippen LogP contribution < -0.4 is 10.8 Å². The van der Waals surface area contributed by atoms with E-state index in [2.05, 4.69) is 64.7 Å². The highest BCUT2D eigenvalue weighted by Gasteiger charge is 2.32. The number of rotatable bonds is 18. The first-order valence-corrected chi connectivity index (χ1v) is 17.9. The van der Waals surface area contributed by atoms with E-state index in [1.807, 2.05) is 54.7 Å². The molecule has 10 nitrogen and oxygen atoms in total. The number of carbonyl (C=O) groups excluding carboxylic acids is 2. The van der Waals surface area contributed by atoms with Crippen LogP contribution in [0.3, 0.4) is 0 Å². The number of amides is 2. The zero-order valence-corrected chi connectivity index (χ0v) is 29.4. The van der Waals surface area contributed by atoms with E-state index in [9.17, 15) is 14.7 Å². The summed E-state index contributed by atoms with van der Waals surface area (Å²) in [6.45, 7) is 2.07. The number of nitrogens with one attached hydrogen (secondary N) is 2. The van der Waals surface area contributed by atoms with E-state index in [0.29, 0.717) is 25.8 Å². The van der Waals surface area contributed by atoms with Gasteiger partial charge in [-0.1, -0.05) is 85.6 Å². The molecule has 10 heteroatoms. The van der Waals surface area contributed by atoms with Gasteiger partial charge in [0.15, 0.2) is 6.29 Å². The van der Waals surface area contributed by atoms with Gasteiger partial charge in [-0.05, 0) is 65.9 Å². The lowest BCUT2D eigenvalue weighted by molar-refractivity contribution is -0.252. The van der Waals surface area contributed by atoms with Crippen molar-refractivity contribution in [2.24, 2.45) is 0 Å². The third kappa shape index (κ3) is 12.1. The van der Waals surface area contributed by atoms with Gasteiger partial charge in [0, 0.05) is 62.8 Å². The minimum Gasteiger partial charge on any atom is -0.392 e. The molecule has 3 aromatic carbocycles. The number of hydrogen-bond acceptors (Lipinski definition) is 8. The molecule has 1 saturated heterocycles. The molecule has 0 saturated carbocycles. The summed E-state index contributed by atoms with van der Waals surface area (Å²) in [6, 6.07) is 30.4. The maximum Gasteiger partial charge on any atom is 0.243 e. The smallest absolute Gasteiger partial charge is 0.243 e. The van der Waals surface area contributed by atoms with Crippen LogP contribution in [0.15, 0.2) is 97.2 Å². The zero-order valence-electron chi connectivity index (χ0n) is 29.4. The molecular weight excluding hydrogens is 644 g/mol. The van der Waals surface area contributed by atoms with Gasteiger partial charge in [-0.15, -0.1) is 0 Å². The number of hydroxylamine groups is 1. The summed E-state index contributed by atoms with van der Waals surface area (Å²) in [5.41, 5.74) is 8.71. The number of carbonyl (C=O) groups is 2. The molecular formula is C41H50N4O6. The number of ether oxygens (including phenoxy) is 2. The van der Waals surface area contributed by atoms with Crippen molar-refractivity contribution in [2.45, 2.75) is 83.0 Å². The van der Waals surface area contributed by atoms with Gasteiger partial charge in [0.1, 0.15) is 0 Å². The van der Waals surface area contributed by atoms with Crippen molar-refractivity contribution in [1.82, 2.24) is 20.7 Å². The topological polar surface area (TPSA) is 133 Å². The number of benzene rings is 3. The Labute approximate surface area is 300 Å². The van der Waals surface area contributed by atoms with E-state index in [-0.39, 0.29) is 30.6 Å². The van der Waals surface area contributed by atoms with Crippen LogP contribution in [0, 0.1) is 0 Å². The summed E-state index contributed by atoms with van der Waals surface area (Å²) in [5, 5.41) is 21.1. The molecule has 1 aliphatic heterocycles. The van der Waals surface area contributed by atoms with Gasteiger partial charge in [-0.2, -0.15) is 0 Å². The third-order valence-corrected chi connectivity index (χ3v) is 9.22. The number of aliphatic hydroxyl groups excluding tert-OH is 1. The Morgan fingerprint density at radius 3 is 2.27 bits per heavy atom. The van der Waals surface area contributed by atoms with Crippen molar-refractivity contribution < 1.29 is 29.4 Å². The van der Waals surface area contributed by atoms with E-state index < -0.39 is 6.29 Å². The average Bonchev–Trinajstić information content (AvgIpc) is 3.18. The lowest BCUT2D eigenvalue weighted by Crippen LogP contribution is -2.38. The van der Waals surface area contributed by atoms with Crippen molar-refractivity contribution in [1.29, 1.82) is 0 Å². The Kier molecular flexibility index (Phi) is 14.7. The highest BCUT2D eigenvalue weighted by molar-refractivity contribution is 5.76. The van der Waals surface area contributed by atoms with Crippen molar-refractivity contribution in [3.63, 3.8) is 0 Å². The molecule has 51 heavy (non-hydrogen) atoms. The number of likely N-dealkylation sites (N-methyl/N-ethyl adjacent to an activating group) is 1. The van der Waals surface area contributed by atoms with Crippen LogP contribution in [0.2, 0.25) is 0 Å². The molecule has 5 rings (SSSR count). The molecule has 1 aromatic heterocycles. The standard InChI is InChI=1S/C41H50N4O6/c1-45(24-22-36-11-6-7-23-42-36)28-37-26-38(33-16-14-30(29-46)15-17-33)51-41(50-37)34-20-18-32(19-21-34)35-10-8-9-31(25-35)27-43-39(47)12-4-2-3-5-13-40(48)44-49/h6-11,14-21,23,25,37-38,41,46,49H,2-5,12-13,22,24,26-29H2,1H3,(H,43,47)(H,44,48)/t37-,38+,41+/m1/s1. The minimum absolute atomic E-state index is 0.00292. The van der Waals surface area contributed by atoms with Crippen molar-refractivity contribution in [2.75, 3.05) is 20.1 Å². The number of hydrogen-bond donors (Lipinski definition) is 4. The van der Waals surface area contributed by atoms with E-state index in [1.165, 1.54) is 0 Å². The van der Waals surface area contributed by atoms with Gasteiger partial charge >= 0.3 is 0 Å². The second-order valence-electron chi connectivity index (χ2n) is 13.2. The number of pyridine rings is 1. The summed E-state index contributed by atoms with van der Waals surface area (Å²) in [5.74, 6) is -0.374. The largest absolute Gasteiger partial charge is 0.392 e. The molecule has 0 unspecified atom stereocenters. The maximum atomic E-state index is 12.4. The van der Waals surface area contributed by atoms with Crippen molar-refractivity contribution >= 4 is 11.8 Å². The molecule has 2 amide bonds. The Hall–Kier alpha value is -4.45. The van der Waals surface area contributed by atoms with E-state index in [1.54, 1.807) is 5.48 Å². The van der Waals surface area contributed by atoms with Crippen LogP contribution in [0.5, 0.6) is 0 Å². The van der Waals surface area contributed by atoms with Crippen LogP contribution >= 0.6 is 0 Å². The Balaban J connectivity index is 1.18. The first kappa shape index (κ1) is 37.8. The number of aromatic nitrogens is 1. The predicted octanol–water partition coefficient (Wildman–Crippen LogP) is 6.42. The molecule has 0 bridgehead atoms. The second-order valence-corrected chi connectivity index (χ2v) is 13.2. The molecule has 4 N–H and O–H groups in total. The van der Waals surface area contributed by atoms with E-state index in [0.717, 1.165) is 84.3 Å². The predicted molar refractivity (Wildman–Crippen MR) is 195 cm³/mol. The van der Waals surface area contributed by atoms with Crippen LogP contribution in [0.1, 0.15) is 85.3 Å². The molecule has 1 aliphatic rings. The van der Waals surface area contributed by atoms with Gasteiger partial charge in [0.2, 0.25) is 11.8 Å². The quantitative estimate of drug-likeness (QED) is 0.0533. The molecule has 1 fully saturated rings. The lowest BCUT2D eigenvalue weighted by Gasteiger charge is -2.38. The molecule has 0 spiro atoms. The first-order chi connectivity index (χ1) is 24.9. The highest BCUT2D eigenvalue weighted by atomic mass is 16.7. The second kappa shape index (κ2) is 19.8. The lowest BCUT2D eigenvalue weighted by atomic mass is 9.99. The fraction of sp³-hybridized carbons (Fsp3) is 0.390. The molecule has 4 aromatic rings. The molecule has 0 aliphatic carbocycles. The first-order valence-electron chi connectivity index (χ1n) is 17.9. The Morgan fingerprint density at radius 1 is 0.824 bits per heavy atom. The zero-order chi connectivity index (χ0) is 35.8. The van der Waals surface area contributed by atoms with E-state index in [4.69, 9.17) is 14.7 Å². The van der Waals surface area contributed by atoms with Crippen LogP contribution in [-0.2, 0) is 38.6 Å². The highest BCUT2D eigenvalue weighted by Crippen LogP contribution is 2.38. The van der Waals surface area contributed by atoms with Gasteiger partial charge in [-0.25, -0.2) is 5.48 Å². The average molecular weight is 695 g/mol. The summed E-state index contributed by atoms with van der Waals surface area (Å²) in [4.78, 5) is 30.3. The van der Waals surface area contributed by atoms with Gasteiger partial charge in [-0.3, -0.25) is 19.8 Å². The maximum absolute atomic E-state index is 12.4. The molecule has 2 heterocycles. The number of aliphatic hydroxyl groups is 1. The molecule has 3 atom stereocenters. The summed E-state index contributed by atoms with van der Waals surface area (Å²) in [7, 11) is 2.11. The normalized spacial score (nSPS) is 17.3. The minimum atomic E-state index is -0.536. The van der Waals surface area contributed by atoms with Crippen LogP contribution in [0.4, 0.5) is 0 Å². The van der Waals surface area contributed by atoms with Gasteiger partial charge < -0.3 is 24.8 Å². The third-order valence-electron chi connectivity index (χ3n) is 9.22. The summed E-state index contributed by atoms with van der Waals surface area (Å²) >= 11 is 0. The van der Waals surface area contributed by atoms with Gasteiger partial charge in [0.25, 0.3) is 0 Å². The fourth-order valence-electron chi connectivity index (χ4n) is 6.29. The monoisotopic (exact) mass is 694 g/mol.